The SMILES string of the molecule is CC(C)CC(CN)N1CC(C)SC(C)C1. The molecule has 0 aromatic heterocycles. The normalized spacial score (nSPS) is 30.8. The van der Waals surface area contributed by atoms with E-state index in [1.54, 1.807) is 0 Å². The lowest BCUT2D eigenvalue weighted by atomic mass is 10.0. The fraction of sp³-hybridized carbons (Fsp3) is 1.00. The molecule has 2 N–H and O–H groups in total. The first-order chi connectivity index (χ1) is 7.02. The Balaban J connectivity index is 2.51. The quantitative estimate of drug-likeness (QED) is 0.803. The number of nitrogens with zero attached hydrogens (tertiary/aromatic N) is 1. The molecular weight excluding hydrogens is 204 g/mol. The number of hydrogen-bond acceptors (Lipinski definition) is 3. The van der Waals surface area contributed by atoms with Gasteiger partial charge in [-0.3, -0.25) is 4.90 Å². The van der Waals surface area contributed by atoms with Crippen molar-refractivity contribution in [3.63, 3.8) is 0 Å². The van der Waals surface area contributed by atoms with Crippen LogP contribution >= 0.6 is 11.8 Å². The van der Waals surface area contributed by atoms with Crippen LogP contribution in [0.15, 0.2) is 0 Å². The molecule has 0 saturated carbocycles. The molecule has 1 aliphatic rings. The van der Waals surface area contributed by atoms with E-state index in [-0.39, 0.29) is 0 Å². The summed E-state index contributed by atoms with van der Waals surface area (Å²) in [5.74, 6) is 0.749. The van der Waals surface area contributed by atoms with Gasteiger partial charge in [0.2, 0.25) is 0 Å². The highest BCUT2D eigenvalue weighted by Gasteiger charge is 2.27. The number of nitrogens with two attached hydrogens (primary N) is 1. The Morgan fingerprint density at radius 1 is 1.27 bits per heavy atom. The van der Waals surface area contributed by atoms with Crippen molar-refractivity contribution in [3.05, 3.63) is 0 Å². The summed E-state index contributed by atoms with van der Waals surface area (Å²) in [6.07, 6.45) is 1.24. The summed E-state index contributed by atoms with van der Waals surface area (Å²) < 4.78 is 0. The average molecular weight is 230 g/mol. The van der Waals surface area contributed by atoms with Gasteiger partial charge in [-0.15, -0.1) is 0 Å². The summed E-state index contributed by atoms with van der Waals surface area (Å²) >= 11 is 2.11. The molecule has 0 aliphatic carbocycles. The molecule has 0 spiro atoms. The van der Waals surface area contributed by atoms with Gasteiger partial charge in [0.05, 0.1) is 0 Å². The van der Waals surface area contributed by atoms with Crippen molar-refractivity contribution < 1.29 is 0 Å². The maximum atomic E-state index is 5.89. The van der Waals surface area contributed by atoms with Gasteiger partial charge in [0.25, 0.3) is 0 Å². The van der Waals surface area contributed by atoms with E-state index in [0.717, 1.165) is 23.0 Å². The zero-order chi connectivity index (χ0) is 11.4. The molecule has 0 radical (unpaired) electrons. The van der Waals surface area contributed by atoms with Gasteiger partial charge in [-0.1, -0.05) is 27.7 Å². The van der Waals surface area contributed by atoms with Crippen LogP contribution in [0.2, 0.25) is 0 Å². The predicted molar refractivity (Wildman–Crippen MR) is 70.4 cm³/mol. The first-order valence-electron chi connectivity index (χ1n) is 6.12. The molecule has 1 heterocycles. The molecule has 3 unspecified atom stereocenters. The van der Waals surface area contributed by atoms with Gasteiger partial charge in [0.15, 0.2) is 0 Å². The zero-order valence-electron chi connectivity index (χ0n) is 10.6. The van der Waals surface area contributed by atoms with E-state index in [9.17, 15) is 0 Å². The highest BCUT2D eigenvalue weighted by atomic mass is 32.2. The van der Waals surface area contributed by atoms with E-state index in [4.69, 9.17) is 5.73 Å². The minimum absolute atomic E-state index is 0.593. The number of thioether (sulfide) groups is 1. The largest absolute Gasteiger partial charge is 0.329 e. The predicted octanol–water partition coefficient (Wildman–Crippen LogP) is 2.19. The molecule has 1 fully saturated rings. The van der Waals surface area contributed by atoms with Gasteiger partial charge in [-0.05, 0) is 12.3 Å². The standard InChI is InChI=1S/C12H26N2S/c1-9(2)5-12(6-13)14-7-10(3)15-11(4)8-14/h9-12H,5-8,13H2,1-4H3. The lowest BCUT2D eigenvalue weighted by Crippen LogP contribution is -2.49. The van der Waals surface area contributed by atoms with E-state index in [1.807, 2.05) is 0 Å². The zero-order valence-corrected chi connectivity index (χ0v) is 11.4. The van der Waals surface area contributed by atoms with Crippen molar-refractivity contribution in [1.29, 1.82) is 0 Å². The van der Waals surface area contributed by atoms with Gasteiger partial charge in [-0.2, -0.15) is 11.8 Å². The second kappa shape index (κ2) is 6.12. The highest BCUT2D eigenvalue weighted by Crippen LogP contribution is 2.27. The molecular formula is C12H26N2S. The fourth-order valence-corrected chi connectivity index (χ4v) is 3.80. The molecule has 0 bridgehead atoms. The third-order valence-corrected chi connectivity index (χ3v) is 4.21. The molecule has 1 saturated heterocycles. The summed E-state index contributed by atoms with van der Waals surface area (Å²) in [5, 5.41) is 1.52. The molecule has 90 valence electrons. The Kier molecular flexibility index (Phi) is 5.44. The lowest BCUT2D eigenvalue weighted by Gasteiger charge is -2.40. The van der Waals surface area contributed by atoms with Crippen LogP contribution in [0.4, 0.5) is 0 Å². The Hall–Kier alpha value is 0.270. The van der Waals surface area contributed by atoms with E-state index >= 15 is 0 Å². The Morgan fingerprint density at radius 2 is 1.80 bits per heavy atom. The molecule has 0 aromatic rings. The van der Waals surface area contributed by atoms with Gasteiger partial charge in [-0.25, -0.2) is 0 Å². The molecule has 1 aliphatic heterocycles. The van der Waals surface area contributed by atoms with Crippen LogP contribution in [0.3, 0.4) is 0 Å². The average Bonchev–Trinajstić information content (AvgIpc) is 2.12. The highest BCUT2D eigenvalue weighted by molar-refractivity contribution is 8.00. The number of rotatable bonds is 4. The van der Waals surface area contributed by atoms with Crippen LogP contribution < -0.4 is 5.73 Å². The molecule has 0 amide bonds. The molecule has 0 aromatic carbocycles. The summed E-state index contributed by atoms with van der Waals surface area (Å²) in [5.41, 5.74) is 5.89. The van der Waals surface area contributed by atoms with Crippen LogP contribution in [-0.4, -0.2) is 41.1 Å². The minimum Gasteiger partial charge on any atom is -0.329 e. The van der Waals surface area contributed by atoms with Crippen LogP contribution in [-0.2, 0) is 0 Å². The van der Waals surface area contributed by atoms with Gasteiger partial charge in [0, 0.05) is 36.2 Å². The lowest BCUT2D eigenvalue weighted by molar-refractivity contribution is 0.175. The second-order valence-electron chi connectivity index (χ2n) is 5.23. The third kappa shape index (κ3) is 4.33. The number of hydrogen-bond donors (Lipinski definition) is 1. The molecule has 3 heteroatoms. The van der Waals surface area contributed by atoms with Crippen molar-refractivity contribution in [2.24, 2.45) is 11.7 Å². The van der Waals surface area contributed by atoms with Gasteiger partial charge in [0.1, 0.15) is 0 Å². The molecule has 15 heavy (non-hydrogen) atoms. The van der Waals surface area contributed by atoms with Crippen LogP contribution in [0, 0.1) is 5.92 Å². The van der Waals surface area contributed by atoms with Gasteiger partial charge < -0.3 is 5.73 Å². The van der Waals surface area contributed by atoms with Crippen LogP contribution in [0.25, 0.3) is 0 Å². The second-order valence-corrected chi connectivity index (χ2v) is 7.11. The van der Waals surface area contributed by atoms with Crippen LogP contribution in [0.5, 0.6) is 0 Å². The van der Waals surface area contributed by atoms with E-state index < -0.39 is 0 Å². The minimum atomic E-state index is 0.593. The van der Waals surface area contributed by atoms with Crippen molar-refractivity contribution in [3.8, 4) is 0 Å². The maximum absolute atomic E-state index is 5.89. The smallest absolute Gasteiger partial charge is 0.0221 e. The van der Waals surface area contributed by atoms with E-state index in [0.29, 0.717) is 6.04 Å². The van der Waals surface area contributed by atoms with E-state index in [1.165, 1.54) is 19.5 Å². The van der Waals surface area contributed by atoms with Crippen molar-refractivity contribution in [2.75, 3.05) is 19.6 Å². The molecule has 2 nitrogen and oxygen atoms in total. The van der Waals surface area contributed by atoms with E-state index in [2.05, 4.69) is 44.4 Å². The maximum Gasteiger partial charge on any atom is 0.0221 e. The Morgan fingerprint density at radius 3 is 2.20 bits per heavy atom. The Labute approximate surface area is 99.0 Å². The summed E-state index contributed by atoms with van der Waals surface area (Å²) in [6, 6.07) is 0.593. The van der Waals surface area contributed by atoms with Gasteiger partial charge >= 0.3 is 0 Å². The molecule has 1 rings (SSSR count). The topological polar surface area (TPSA) is 29.3 Å². The summed E-state index contributed by atoms with van der Waals surface area (Å²) in [6.45, 7) is 12.5. The summed E-state index contributed by atoms with van der Waals surface area (Å²) in [7, 11) is 0. The Bertz CT molecular complexity index is 174. The molecule has 3 atom stereocenters. The van der Waals surface area contributed by atoms with Crippen molar-refractivity contribution in [2.45, 2.75) is 50.7 Å². The fourth-order valence-electron chi connectivity index (χ4n) is 2.45. The van der Waals surface area contributed by atoms with Crippen LogP contribution in [0.1, 0.15) is 34.1 Å². The first kappa shape index (κ1) is 13.3. The third-order valence-electron chi connectivity index (χ3n) is 2.98. The van der Waals surface area contributed by atoms with Crippen molar-refractivity contribution >= 4 is 11.8 Å². The first-order valence-corrected chi connectivity index (χ1v) is 7.06. The monoisotopic (exact) mass is 230 g/mol. The van der Waals surface area contributed by atoms with Crippen molar-refractivity contribution in [1.82, 2.24) is 4.90 Å². The summed E-state index contributed by atoms with van der Waals surface area (Å²) in [4.78, 5) is 2.60.